The van der Waals surface area contributed by atoms with Crippen molar-refractivity contribution in [2.24, 2.45) is 0 Å². The fraction of sp³-hybridized carbons (Fsp3) is 0.350. The molecule has 1 saturated heterocycles. The number of benzene rings is 2. The van der Waals surface area contributed by atoms with E-state index in [0.29, 0.717) is 25.8 Å². The lowest BCUT2D eigenvalue weighted by molar-refractivity contribution is 0.0942. The molecule has 0 bridgehead atoms. The summed E-state index contributed by atoms with van der Waals surface area (Å²) in [6.07, 6.45) is 1.82. The van der Waals surface area contributed by atoms with Crippen LogP contribution in [-0.4, -0.2) is 49.4 Å². The minimum Gasteiger partial charge on any atom is -0.465 e. The van der Waals surface area contributed by atoms with Crippen molar-refractivity contribution in [1.29, 1.82) is 0 Å². The number of carboxylic acid groups (broad SMARTS) is 1. The van der Waals surface area contributed by atoms with E-state index in [1.54, 1.807) is 0 Å². The lowest BCUT2D eigenvalue weighted by Crippen LogP contribution is -2.57. The van der Waals surface area contributed by atoms with Crippen LogP contribution in [0.15, 0.2) is 54.6 Å². The topological polar surface area (TPSA) is 86.7 Å². The van der Waals surface area contributed by atoms with Gasteiger partial charge in [0.2, 0.25) is 10.0 Å². The van der Waals surface area contributed by atoms with Crippen LogP contribution in [0.4, 0.5) is 4.79 Å². The first-order valence-electron chi connectivity index (χ1n) is 8.95. The molecule has 0 aromatic heterocycles. The Balaban J connectivity index is 1.88. The van der Waals surface area contributed by atoms with E-state index in [2.05, 4.69) is 4.72 Å². The average molecular weight is 388 g/mol. The minimum atomic E-state index is -3.42. The van der Waals surface area contributed by atoms with Crippen LogP contribution in [0.2, 0.25) is 0 Å². The zero-order valence-corrected chi connectivity index (χ0v) is 16.0. The molecule has 144 valence electrons. The molecule has 2 aromatic rings. The van der Waals surface area contributed by atoms with Crippen LogP contribution < -0.4 is 4.72 Å². The van der Waals surface area contributed by atoms with Crippen molar-refractivity contribution < 1.29 is 18.3 Å². The Bertz CT molecular complexity index is 899. The predicted molar refractivity (Wildman–Crippen MR) is 105 cm³/mol. The SMILES string of the molecule is CS(=O)(=O)N[C@@H]1CCCN(C(=O)O)[C@@H]1Cc1cccc(-c2ccccc2)c1. The van der Waals surface area contributed by atoms with Crippen LogP contribution in [0.3, 0.4) is 0 Å². The Morgan fingerprint density at radius 1 is 1.15 bits per heavy atom. The van der Waals surface area contributed by atoms with Gasteiger partial charge in [0.05, 0.1) is 12.3 Å². The van der Waals surface area contributed by atoms with Gasteiger partial charge in [-0.2, -0.15) is 0 Å². The van der Waals surface area contributed by atoms with Crippen molar-refractivity contribution >= 4 is 16.1 Å². The van der Waals surface area contributed by atoms with Crippen molar-refractivity contribution in [3.8, 4) is 11.1 Å². The second-order valence-corrected chi connectivity index (χ2v) is 8.73. The number of amides is 1. The molecule has 2 atom stereocenters. The molecule has 7 heteroatoms. The molecule has 1 fully saturated rings. The molecule has 1 aliphatic rings. The van der Waals surface area contributed by atoms with Crippen molar-refractivity contribution in [2.45, 2.75) is 31.3 Å². The zero-order valence-electron chi connectivity index (χ0n) is 15.2. The third kappa shape index (κ3) is 5.08. The second kappa shape index (κ2) is 8.10. The van der Waals surface area contributed by atoms with E-state index in [-0.39, 0.29) is 0 Å². The largest absolute Gasteiger partial charge is 0.465 e. The van der Waals surface area contributed by atoms with Crippen LogP contribution >= 0.6 is 0 Å². The first-order valence-corrected chi connectivity index (χ1v) is 10.8. The highest BCUT2D eigenvalue weighted by atomic mass is 32.2. The predicted octanol–water partition coefficient (Wildman–Crippen LogP) is 2.96. The van der Waals surface area contributed by atoms with Gasteiger partial charge in [0.15, 0.2) is 0 Å². The maximum absolute atomic E-state index is 11.7. The fourth-order valence-electron chi connectivity index (χ4n) is 3.71. The van der Waals surface area contributed by atoms with E-state index < -0.39 is 28.2 Å². The number of nitrogens with one attached hydrogen (secondary N) is 1. The monoisotopic (exact) mass is 388 g/mol. The summed E-state index contributed by atoms with van der Waals surface area (Å²) in [7, 11) is -3.42. The molecule has 6 nitrogen and oxygen atoms in total. The third-order valence-corrected chi connectivity index (χ3v) is 5.60. The minimum absolute atomic E-state index is 0.417. The van der Waals surface area contributed by atoms with E-state index in [1.807, 2.05) is 54.6 Å². The van der Waals surface area contributed by atoms with Gasteiger partial charge in [0.25, 0.3) is 0 Å². The van der Waals surface area contributed by atoms with Gasteiger partial charge in [0.1, 0.15) is 0 Å². The van der Waals surface area contributed by atoms with Crippen molar-refractivity contribution in [2.75, 3.05) is 12.8 Å². The van der Waals surface area contributed by atoms with Gasteiger partial charge >= 0.3 is 6.09 Å². The number of hydrogen-bond donors (Lipinski definition) is 2. The number of rotatable bonds is 5. The van der Waals surface area contributed by atoms with E-state index >= 15 is 0 Å². The molecule has 3 rings (SSSR count). The van der Waals surface area contributed by atoms with Gasteiger partial charge in [-0.05, 0) is 36.0 Å². The summed E-state index contributed by atoms with van der Waals surface area (Å²) < 4.78 is 26.1. The number of carbonyl (C=O) groups is 1. The molecule has 0 spiro atoms. The molecule has 27 heavy (non-hydrogen) atoms. The first-order chi connectivity index (χ1) is 12.8. The Morgan fingerprint density at radius 3 is 2.52 bits per heavy atom. The molecular weight excluding hydrogens is 364 g/mol. The quantitative estimate of drug-likeness (QED) is 0.824. The van der Waals surface area contributed by atoms with Crippen molar-refractivity contribution in [3.63, 3.8) is 0 Å². The molecule has 2 N–H and O–H groups in total. The molecule has 1 aliphatic heterocycles. The van der Waals surface area contributed by atoms with E-state index in [4.69, 9.17) is 0 Å². The molecule has 0 unspecified atom stereocenters. The molecule has 1 heterocycles. The second-order valence-electron chi connectivity index (χ2n) is 6.95. The fourth-order valence-corrected chi connectivity index (χ4v) is 4.53. The van der Waals surface area contributed by atoms with Gasteiger partial charge in [-0.15, -0.1) is 0 Å². The third-order valence-electron chi connectivity index (χ3n) is 4.87. The lowest BCUT2D eigenvalue weighted by atomic mass is 9.91. The maximum Gasteiger partial charge on any atom is 0.407 e. The van der Waals surface area contributed by atoms with Crippen molar-refractivity contribution in [3.05, 3.63) is 60.2 Å². The number of sulfonamides is 1. The number of piperidine rings is 1. The van der Waals surface area contributed by atoms with Gasteiger partial charge in [-0.1, -0.05) is 54.6 Å². The first kappa shape index (κ1) is 19.4. The molecule has 2 aromatic carbocycles. The molecular formula is C20H24N2O4S. The summed E-state index contributed by atoms with van der Waals surface area (Å²) in [4.78, 5) is 13.1. The number of hydrogen-bond acceptors (Lipinski definition) is 3. The molecule has 0 saturated carbocycles. The Kier molecular flexibility index (Phi) is 5.82. The van der Waals surface area contributed by atoms with Crippen LogP contribution in [0, 0.1) is 0 Å². The van der Waals surface area contributed by atoms with E-state index in [0.717, 1.165) is 22.9 Å². The highest BCUT2D eigenvalue weighted by Gasteiger charge is 2.35. The summed E-state index contributed by atoms with van der Waals surface area (Å²) in [6, 6.07) is 17.1. The zero-order chi connectivity index (χ0) is 19.4. The van der Waals surface area contributed by atoms with Crippen LogP contribution in [0.25, 0.3) is 11.1 Å². The molecule has 1 amide bonds. The average Bonchev–Trinajstić information content (AvgIpc) is 2.63. The summed E-state index contributed by atoms with van der Waals surface area (Å²) >= 11 is 0. The van der Waals surface area contributed by atoms with Gasteiger partial charge < -0.3 is 10.0 Å². The van der Waals surface area contributed by atoms with Crippen LogP contribution in [0.5, 0.6) is 0 Å². The van der Waals surface area contributed by atoms with Gasteiger partial charge in [-0.3, -0.25) is 0 Å². The Morgan fingerprint density at radius 2 is 1.85 bits per heavy atom. The Hall–Kier alpha value is -2.38. The highest BCUT2D eigenvalue weighted by Crippen LogP contribution is 2.25. The Labute approximate surface area is 159 Å². The normalized spacial score (nSPS) is 20.4. The molecule has 0 radical (unpaired) electrons. The van der Waals surface area contributed by atoms with E-state index in [1.165, 1.54) is 4.90 Å². The summed E-state index contributed by atoms with van der Waals surface area (Å²) in [5, 5.41) is 9.58. The smallest absolute Gasteiger partial charge is 0.407 e. The van der Waals surface area contributed by atoms with Crippen LogP contribution in [-0.2, 0) is 16.4 Å². The summed E-state index contributed by atoms with van der Waals surface area (Å²) in [5.74, 6) is 0. The highest BCUT2D eigenvalue weighted by molar-refractivity contribution is 7.88. The summed E-state index contributed by atoms with van der Waals surface area (Å²) in [5.41, 5.74) is 3.12. The lowest BCUT2D eigenvalue weighted by Gasteiger charge is -2.40. The number of nitrogens with zero attached hydrogens (tertiary/aromatic N) is 1. The van der Waals surface area contributed by atoms with Gasteiger partial charge in [0, 0.05) is 12.6 Å². The van der Waals surface area contributed by atoms with Crippen LogP contribution in [0.1, 0.15) is 18.4 Å². The maximum atomic E-state index is 11.7. The van der Waals surface area contributed by atoms with Gasteiger partial charge in [-0.25, -0.2) is 17.9 Å². The number of likely N-dealkylation sites (tertiary alicyclic amines) is 1. The van der Waals surface area contributed by atoms with E-state index in [9.17, 15) is 18.3 Å². The van der Waals surface area contributed by atoms with Crippen molar-refractivity contribution in [1.82, 2.24) is 9.62 Å². The standard InChI is InChI=1S/C20H24N2O4S/c1-27(25,26)21-18-11-6-12-22(20(23)24)19(18)14-15-7-5-10-17(13-15)16-8-3-2-4-9-16/h2-5,7-10,13,18-19,21H,6,11-12,14H2,1H3,(H,23,24)/t18-,19-/m1/s1. The summed E-state index contributed by atoms with van der Waals surface area (Å²) in [6.45, 7) is 0.417. The molecule has 0 aliphatic carbocycles.